The number of nitrogens with zero attached hydrogens (tertiary/aromatic N) is 1. The summed E-state index contributed by atoms with van der Waals surface area (Å²) in [5.41, 5.74) is 1.61. The Labute approximate surface area is 108 Å². The van der Waals surface area contributed by atoms with Crippen LogP contribution < -0.4 is 4.90 Å². The van der Waals surface area contributed by atoms with Gasteiger partial charge in [-0.05, 0) is 38.0 Å². The lowest BCUT2D eigenvalue weighted by Gasteiger charge is -2.19. The summed E-state index contributed by atoms with van der Waals surface area (Å²) in [5.74, 6) is -0.00383. The Kier molecular flexibility index (Phi) is 5.23. The van der Waals surface area contributed by atoms with E-state index in [9.17, 15) is 4.79 Å². The zero-order valence-electron chi connectivity index (χ0n) is 10.4. The van der Waals surface area contributed by atoms with E-state index in [0.717, 1.165) is 25.1 Å². The molecule has 0 N–H and O–H groups in total. The van der Waals surface area contributed by atoms with Gasteiger partial charge in [-0.2, -0.15) is 0 Å². The Balaban J connectivity index is 2.75. The molecule has 3 heteroatoms. The van der Waals surface area contributed by atoms with Crippen LogP contribution in [-0.2, 0) is 0 Å². The molecular weight excluding hydrogens is 234 g/mol. The predicted molar refractivity (Wildman–Crippen MR) is 74.2 cm³/mol. The highest BCUT2D eigenvalue weighted by molar-refractivity contribution is 6.34. The van der Waals surface area contributed by atoms with Gasteiger partial charge in [0, 0.05) is 24.8 Å². The molecule has 0 saturated heterocycles. The largest absolute Gasteiger partial charge is 0.375 e. The first-order chi connectivity index (χ1) is 8.06. The van der Waals surface area contributed by atoms with Gasteiger partial charge in [-0.3, -0.25) is 4.79 Å². The number of allylic oxidation sites excluding steroid dienone is 1. The lowest BCUT2D eigenvalue weighted by molar-refractivity contribution is 0.101. The van der Waals surface area contributed by atoms with E-state index in [1.165, 1.54) is 6.92 Å². The van der Waals surface area contributed by atoms with E-state index in [1.807, 2.05) is 25.3 Å². The first kappa shape index (κ1) is 13.8. The highest BCUT2D eigenvalue weighted by Crippen LogP contribution is 2.23. The summed E-state index contributed by atoms with van der Waals surface area (Å²) in [6.07, 6.45) is 3.98. The maximum absolute atomic E-state index is 11.2. The van der Waals surface area contributed by atoms with Crippen molar-refractivity contribution in [1.82, 2.24) is 0 Å². The first-order valence-corrected chi connectivity index (χ1v) is 6.06. The molecule has 0 aliphatic carbocycles. The zero-order chi connectivity index (χ0) is 12.8. The Hall–Kier alpha value is -1.28. The van der Waals surface area contributed by atoms with E-state index in [4.69, 9.17) is 11.6 Å². The van der Waals surface area contributed by atoms with Crippen LogP contribution in [0, 0.1) is 0 Å². The van der Waals surface area contributed by atoms with Crippen LogP contribution >= 0.6 is 11.6 Å². The first-order valence-electron chi connectivity index (χ1n) is 5.68. The van der Waals surface area contributed by atoms with Gasteiger partial charge in [0.15, 0.2) is 5.78 Å². The van der Waals surface area contributed by atoms with Gasteiger partial charge < -0.3 is 4.90 Å². The minimum absolute atomic E-state index is 0.00383. The van der Waals surface area contributed by atoms with Crippen molar-refractivity contribution in [3.05, 3.63) is 41.4 Å². The molecule has 0 fully saturated rings. The molecule has 0 aromatic heterocycles. The second-order valence-corrected chi connectivity index (χ2v) is 4.48. The van der Waals surface area contributed by atoms with E-state index in [2.05, 4.69) is 11.5 Å². The van der Waals surface area contributed by atoms with Gasteiger partial charge in [-0.15, -0.1) is 6.58 Å². The third-order valence-corrected chi connectivity index (χ3v) is 2.99. The molecule has 0 unspecified atom stereocenters. The fourth-order valence-electron chi connectivity index (χ4n) is 1.63. The smallest absolute Gasteiger partial charge is 0.161 e. The van der Waals surface area contributed by atoms with Gasteiger partial charge in [-0.25, -0.2) is 0 Å². The van der Waals surface area contributed by atoms with Gasteiger partial charge in [0.25, 0.3) is 0 Å². The average Bonchev–Trinajstić information content (AvgIpc) is 2.28. The fourth-order valence-corrected chi connectivity index (χ4v) is 1.94. The van der Waals surface area contributed by atoms with Crippen molar-refractivity contribution in [2.75, 3.05) is 18.5 Å². The molecule has 0 radical (unpaired) electrons. The molecule has 0 spiro atoms. The van der Waals surface area contributed by atoms with Crippen LogP contribution in [0.4, 0.5) is 5.69 Å². The maximum Gasteiger partial charge on any atom is 0.161 e. The normalized spacial score (nSPS) is 10.1. The third-order valence-electron chi connectivity index (χ3n) is 2.67. The molecule has 1 aromatic carbocycles. The molecular formula is C14H18ClNO. The molecule has 0 saturated carbocycles. The van der Waals surface area contributed by atoms with E-state index >= 15 is 0 Å². The molecule has 0 aliphatic heterocycles. The molecule has 0 amide bonds. The number of benzene rings is 1. The van der Waals surface area contributed by atoms with Gasteiger partial charge in [0.05, 0.1) is 5.02 Å². The Morgan fingerprint density at radius 2 is 2.24 bits per heavy atom. The number of halogens is 1. The molecule has 0 atom stereocenters. The monoisotopic (exact) mass is 251 g/mol. The average molecular weight is 252 g/mol. The lowest BCUT2D eigenvalue weighted by atomic mass is 10.1. The second kappa shape index (κ2) is 6.45. The summed E-state index contributed by atoms with van der Waals surface area (Å²) < 4.78 is 0. The van der Waals surface area contributed by atoms with Crippen LogP contribution in [0.1, 0.15) is 30.1 Å². The van der Waals surface area contributed by atoms with Gasteiger partial charge in [0.2, 0.25) is 0 Å². The Morgan fingerprint density at radius 3 is 2.76 bits per heavy atom. The SMILES string of the molecule is C=CCCCN(C)c1ccc(C(C)=O)c(Cl)c1. The van der Waals surface area contributed by atoms with Gasteiger partial charge in [-0.1, -0.05) is 17.7 Å². The topological polar surface area (TPSA) is 20.3 Å². The number of Topliss-reactive ketones (excluding diaryl/α,β-unsaturated/α-hetero) is 1. The molecule has 92 valence electrons. The van der Waals surface area contributed by atoms with Crippen molar-refractivity contribution in [2.24, 2.45) is 0 Å². The summed E-state index contributed by atoms with van der Waals surface area (Å²) in [5, 5.41) is 0.519. The van der Waals surface area contributed by atoms with Crippen molar-refractivity contribution in [3.8, 4) is 0 Å². The number of anilines is 1. The minimum atomic E-state index is -0.00383. The van der Waals surface area contributed by atoms with Crippen LogP contribution in [-0.4, -0.2) is 19.4 Å². The number of carbonyl (C=O) groups is 1. The summed E-state index contributed by atoms with van der Waals surface area (Å²) >= 11 is 6.07. The van der Waals surface area contributed by atoms with Gasteiger partial charge in [0.1, 0.15) is 0 Å². The lowest BCUT2D eigenvalue weighted by Crippen LogP contribution is -2.18. The van der Waals surface area contributed by atoms with Crippen molar-refractivity contribution in [1.29, 1.82) is 0 Å². The van der Waals surface area contributed by atoms with Crippen molar-refractivity contribution < 1.29 is 4.79 Å². The van der Waals surface area contributed by atoms with Crippen LogP contribution in [0.25, 0.3) is 0 Å². The standard InChI is InChI=1S/C14H18ClNO/c1-4-5-6-9-16(3)12-7-8-13(11(2)17)14(15)10-12/h4,7-8,10H,1,5-6,9H2,2-3H3. The zero-order valence-corrected chi connectivity index (χ0v) is 11.1. The van der Waals surface area contributed by atoms with Gasteiger partial charge >= 0.3 is 0 Å². The van der Waals surface area contributed by atoms with E-state index in [0.29, 0.717) is 10.6 Å². The summed E-state index contributed by atoms with van der Waals surface area (Å²) in [7, 11) is 2.02. The summed E-state index contributed by atoms with van der Waals surface area (Å²) in [6, 6.07) is 5.55. The number of hydrogen-bond donors (Lipinski definition) is 0. The maximum atomic E-state index is 11.2. The van der Waals surface area contributed by atoms with Crippen molar-refractivity contribution >= 4 is 23.1 Å². The summed E-state index contributed by atoms with van der Waals surface area (Å²) in [4.78, 5) is 13.4. The number of hydrogen-bond acceptors (Lipinski definition) is 2. The molecule has 0 bridgehead atoms. The molecule has 2 nitrogen and oxygen atoms in total. The highest BCUT2D eigenvalue weighted by Gasteiger charge is 2.08. The Morgan fingerprint density at radius 1 is 1.53 bits per heavy atom. The predicted octanol–water partition coefficient (Wildman–Crippen LogP) is 3.95. The number of unbranched alkanes of at least 4 members (excludes halogenated alkanes) is 1. The molecule has 17 heavy (non-hydrogen) atoms. The second-order valence-electron chi connectivity index (χ2n) is 4.07. The quantitative estimate of drug-likeness (QED) is 0.434. The van der Waals surface area contributed by atoms with Crippen LogP contribution in [0.2, 0.25) is 5.02 Å². The number of rotatable bonds is 6. The van der Waals surface area contributed by atoms with Crippen molar-refractivity contribution in [3.63, 3.8) is 0 Å². The summed E-state index contributed by atoms with van der Waals surface area (Å²) in [6.45, 7) is 6.17. The van der Waals surface area contributed by atoms with Crippen LogP contribution in [0.3, 0.4) is 0 Å². The van der Waals surface area contributed by atoms with E-state index < -0.39 is 0 Å². The van der Waals surface area contributed by atoms with Crippen molar-refractivity contribution in [2.45, 2.75) is 19.8 Å². The molecule has 1 rings (SSSR count). The number of carbonyl (C=O) groups excluding carboxylic acids is 1. The highest BCUT2D eigenvalue weighted by atomic mass is 35.5. The Bertz CT molecular complexity index is 415. The molecule has 0 heterocycles. The molecule has 0 aliphatic rings. The van der Waals surface area contributed by atoms with Crippen LogP contribution in [0.5, 0.6) is 0 Å². The minimum Gasteiger partial charge on any atom is -0.375 e. The fraction of sp³-hybridized carbons (Fsp3) is 0.357. The van der Waals surface area contributed by atoms with E-state index in [-0.39, 0.29) is 5.78 Å². The third kappa shape index (κ3) is 3.90. The van der Waals surface area contributed by atoms with E-state index in [1.54, 1.807) is 6.07 Å². The van der Waals surface area contributed by atoms with Crippen LogP contribution in [0.15, 0.2) is 30.9 Å². The molecule has 1 aromatic rings. The number of ketones is 1.